The third-order valence-electron chi connectivity index (χ3n) is 3.88. The minimum absolute atomic E-state index is 0.0303. The smallest absolute Gasteiger partial charge is 0.238 e. The lowest BCUT2D eigenvalue weighted by atomic mass is 9.99. The lowest BCUT2D eigenvalue weighted by molar-refractivity contribution is -0.117. The van der Waals surface area contributed by atoms with Gasteiger partial charge in [0, 0.05) is 24.5 Å². The first-order valence-corrected chi connectivity index (χ1v) is 7.08. The first-order valence-electron chi connectivity index (χ1n) is 7.08. The Bertz CT molecular complexity index is 476. The van der Waals surface area contributed by atoms with Crippen molar-refractivity contribution in [2.24, 2.45) is 5.92 Å². The van der Waals surface area contributed by atoms with Crippen molar-refractivity contribution in [2.45, 2.75) is 19.8 Å². The number of aliphatic hydroxyl groups is 1. The maximum Gasteiger partial charge on any atom is 0.238 e. The molecule has 110 valence electrons. The summed E-state index contributed by atoms with van der Waals surface area (Å²) in [7, 11) is 0. The number of anilines is 2. The number of amides is 1. The van der Waals surface area contributed by atoms with Crippen molar-refractivity contribution in [3.8, 4) is 0 Å². The van der Waals surface area contributed by atoms with Crippen LogP contribution in [0.2, 0.25) is 0 Å². The number of carbonyl (C=O) groups is 1. The van der Waals surface area contributed by atoms with Crippen LogP contribution in [0.15, 0.2) is 18.2 Å². The number of piperidine rings is 1. The Hall–Kier alpha value is -1.59. The second kappa shape index (κ2) is 6.72. The zero-order valence-electron chi connectivity index (χ0n) is 11.9. The Kier molecular flexibility index (Phi) is 4.98. The summed E-state index contributed by atoms with van der Waals surface area (Å²) in [5.74, 6) is 0.267. The van der Waals surface area contributed by atoms with Crippen molar-refractivity contribution >= 4 is 17.3 Å². The quantitative estimate of drug-likeness (QED) is 0.723. The number of rotatable bonds is 4. The summed E-state index contributed by atoms with van der Waals surface area (Å²) in [6.07, 6.45) is 2.08. The number of carbonyl (C=O) groups excluding carboxylic acids is 1. The van der Waals surface area contributed by atoms with Crippen LogP contribution in [0.1, 0.15) is 18.4 Å². The predicted octanol–water partition coefficient (Wildman–Crippen LogP) is 1.22. The van der Waals surface area contributed by atoms with E-state index < -0.39 is 0 Å². The van der Waals surface area contributed by atoms with Gasteiger partial charge in [-0.15, -0.1) is 0 Å². The maximum absolute atomic E-state index is 12.1. The number of aliphatic hydroxyl groups excluding tert-OH is 1. The molecule has 1 aliphatic rings. The van der Waals surface area contributed by atoms with Crippen LogP contribution in [-0.4, -0.2) is 42.2 Å². The molecule has 0 aromatic heterocycles. The van der Waals surface area contributed by atoms with Gasteiger partial charge in [0.05, 0.1) is 6.54 Å². The summed E-state index contributed by atoms with van der Waals surface area (Å²) in [5, 5.41) is 12.1. The molecule has 0 aliphatic carbocycles. The predicted molar refractivity (Wildman–Crippen MR) is 80.5 cm³/mol. The number of hydrogen-bond acceptors (Lipinski definition) is 4. The summed E-state index contributed by atoms with van der Waals surface area (Å²) >= 11 is 0. The molecule has 0 saturated carbocycles. The second-order valence-corrected chi connectivity index (χ2v) is 5.49. The first kappa shape index (κ1) is 14.8. The van der Waals surface area contributed by atoms with E-state index in [1.807, 2.05) is 25.1 Å². The van der Waals surface area contributed by atoms with Gasteiger partial charge in [-0.05, 0) is 49.9 Å². The van der Waals surface area contributed by atoms with Crippen molar-refractivity contribution in [3.63, 3.8) is 0 Å². The van der Waals surface area contributed by atoms with Gasteiger partial charge in [-0.1, -0.05) is 6.07 Å². The molecule has 1 amide bonds. The van der Waals surface area contributed by atoms with E-state index in [1.54, 1.807) is 0 Å². The van der Waals surface area contributed by atoms with Crippen LogP contribution in [0.4, 0.5) is 11.4 Å². The fraction of sp³-hybridized carbons (Fsp3) is 0.533. The molecule has 1 heterocycles. The third-order valence-corrected chi connectivity index (χ3v) is 3.88. The minimum Gasteiger partial charge on any atom is -0.398 e. The molecule has 1 aromatic rings. The normalized spacial score (nSPS) is 19.8. The highest BCUT2D eigenvalue weighted by Crippen LogP contribution is 2.21. The van der Waals surface area contributed by atoms with Gasteiger partial charge in [0.1, 0.15) is 0 Å². The number of likely N-dealkylation sites (tertiary alicyclic amines) is 1. The summed E-state index contributed by atoms with van der Waals surface area (Å²) in [6.45, 7) is 4.17. The number of nitrogens with two attached hydrogens (primary N) is 1. The Balaban J connectivity index is 1.90. The van der Waals surface area contributed by atoms with Gasteiger partial charge in [-0.2, -0.15) is 0 Å². The number of hydrogen-bond donors (Lipinski definition) is 3. The second-order valence-electron chi connectivity index (χ2n) is 5.49. The van der Waals surface area contributed by atoms with Crippen LogP contribution in [0.5, 0.6) is 0 Å². The lowest BCUT2D eigenvalue weighted by Crippen LogP contribution is -2.41. The third kappa shape index (κ3) is 3.71. The van der Waals surface area contributed by atoms with Crippen LogP contribution in [0.3, 0.4) is 0 Å². The summed E-state index contributed by atoms with van der Waals surface area (Å²) in [5.41, 5.74) is 8.17. The molecule has 1 fully saturated rings. The number of nitrogens with one attached hydrogen (secondary N) is 1. The van der Waals surface area contributed by atoms with Gasteiger partial charge in [0.2, 0.25) is 5.91 Å². The van der Waals surface area contributed by atoms with Crippen LogP contribution < -0.4 is 11.1 Å². The standard InChI is InChI=1S/C15H23N3O2/c1-11-13(16)5-2-6-14(11)17-15(20)9-18-7-3-4-12(8-18)10-19/h2,5-6,12,19H,3-4,7-10,16H2,1H3,(H,17,20). The van der Waals surface area contributed by atoms with Crippen LogP contribution >= 0.6 is 0 Å². The Morgan fingerprint density at radius 2 is 2.35 bits per heavy atom. The molecular formula is C15H23N3O2. The molecule has 5 heteroatoms. The molecule has 5 nitrogen and oxygen atoms in total. The van der Waals surface area contributed by atoms with Gasteiger partial charge >= 0.3 is 0 Å². The molecule has 1 unspecified atom stereocenters. The molecule has 2 rings (SSSR count). The van der Waals surface area contributed by atoms with Gasteiger partial charge in [0.25, 0.3) is 0 Å². The maximum atomic E-state index is 12.1. The molecule has 0 radical (unpaired) electrons. The molecule has 0 spiro atoms. The lowest BCUT2D eigenvalue weighted by Gasteiger charge is -2.31. The monoisotopic (exact) mass is 277 g/mol. The fourth-order valence-corrected chi connectivity index (χ4v) is 2.63. The molecule has 1 atom stereocenters. The summed E-state index contributed by atoms with van der Waals surface area (Å²) < 4.78 is 0. The minimum atomic E-state index is -0.0303. The fourth-order valence-electron chi connectivity index (χ4n) is 2.63. The Labute approximate surface area is 119 Å². The molecule has 1 aromatic carbocycles. The largest absolute Gasteiger partial charge is 0.398 e. The highest BCUT2D eigenvalue weighted by Gasteiger charge is 2.21. The SMILES string of the molecule is Cc1c(N)cccc1NC(=O)CN1CCCC(CO)C1. The van der Waals surface area contributed by atoms with E-state index in [0.29, 0.717) is 18.2 Å². The number of nitrogens with zero attached hydrogens (tertiary/aromatic N) is 1. The zero-order chi connectivity index (χ0) is 14.5. The average Bonchev–Trinajstić information content (AvgIpc) is 2.44. The summed E-state index contributed by atoms with van der Waals surface area (Å²) in [6, 6.07) is 5.51. The van der Waals surface area contributed by atoms with E-state index in [0.717, 1.165) is 37.2 Å². The summed E-state index contributed by atoms with van der Waals surface area (Å²) in [4.78, 5) is 14.2. The van der Waals surface area contributed by atoms with Gasteiger partial charge < -0.3 is 16.2 Å². The van der Waals surface area contributed by atoms with E-state index in [2.05, 4.69) is 10.2 Å². The van der Waals surface area contributed by atoms with Crippen molar-refractivity contribution in [1.29, 1.82) is 0 Å². The zero-order valence-corrected chi connectivity index (χ0v) is 11.9. The van der Waals surface area contributed by atoms with E-state index >= 15 is 0 Å². The van der Waals surface area contributed by atoms with E-state index in [1.165, 1.54) is 0 Å². The van der Waals surface area contributed by atoms with Gasteiger partial charge in [-0.25, -0.2) is 0 Å². The van der Waals surface area contributed by atoms with Crippen molar-refractivity contribution in [3.05, 3.63) is 23.8 Å². The average molecular weight is 277 g/mol. The molecular weight excluding hydrogens is 254 g/mol. The van der Waals surface area contributed by atoms with E-state index in [9.17, 15) is 9.90 Å². The molecule has 0 bridgehead atoms. The highest BCUT2D eigenvalue weighted by molar-refractivity contribution is 5.93. The topological polar surface area (TPSA) is 78.6 Å². The van der Waals surface area contributed by atoms with Crippen molar-refractivity contribution in [1.82, 2.24) is 4.90 Å². The molecule has 4 N–H and O–H groups in total. The van der Waals surface area contributed by atoms with Crippen LogP contribution in [0.25, 0.3) is 0 Å². The highest BCUT2D eigenvalue weighted by atomic mass is 16.3. The van der Waals surface area contributed by atoms with Crippen molar-refractivity contribution in [2.75, 3.05) is 37.3 Å². The van der Waals surface area contributed by atoms with Crippen LogP contribution in [-0.2, 0) is 4.79 Å². The Morgan fingerprint density at radius 3 is 3.10 bits per heavy atom. The number of nitrogen functional groups attached to an aromatic ring is 1. The van der Waals surface area contributed by atoms with Gasteiger partial charge in [-0.3, -0.25) is 9.69 Å². The van der Waals surface area contributed by atoms with Gasteiger partial charge in [0.15, 0.2) is 0 Å². The van der Waals surface area contributed by atoms with Crippen LogP contribution in [0, 0.1) is 12.8 Å². The van der Waals surface area contributed by atoms with Crippen molar-refractivity contribution < 1.29 is 9.90 Å². The Morgan fingerprint density at radius 1 is 1.55 bits per heavy atom. The molecule has 20 heavy (non-hydrogen) atoms. The van der Waals surface area contributed by atoms with E-state index in [-0.39, 0.29) is 12.5 Å². The van der Waals surface area contributed by atoms with E-state index in [4.69, 9.17) is 5.73 Å². The molecule has 1 saturated heterocycles. The number of benzene rings is 1. The molecule has 1 aliphatic heterocycles. The first-order chi connectivity index (χ1) is 9.60.